The average Bonchev–Trinajstić information content (AvgIpc) is 3.30. The third-order valence-corrected chi connectivity index (χ3v) is 5.60. The van der Waals surface area contributed by atoms with Gasteiger partial charge in [-0.15, -0.1) is 0 Å². The highest BCUT2D eigenvalue weighted by atomic mass is 79.9. The smallest absolute Gasteiger partial charge is 0.0551 e. The summed E-state index contributed by atoms with van der Waals surface area (Å²) in [6, 6.07) is 6.56. The molecule has 110 valence electrons. The number of halogens is 2. The zero-order valence-electron chi connectivity index (χ0n) is 11.7. The van der Waals surface area contributed by atoms with Crippen LogP contribution in [0.2, 0.25) is 5.02 Å². The summed E-state index contributed by atoms with van der Waals surface area (Å²) in [6.07, 6.45) is 5.55. The van der Waals surface area contributed by atoms with Gasteiger partial charge in [0.15, 0.2) is 0 Å². The van der Waals surface area contributed by atoms with Crippen LogP contribution in [0.3, 0.4) is 0 Å². The Labute approximate surface area is 134 Å². The molecule has 0 heterocycles. The molecular weight excluding hydrogens is 336 g/mol. The molecule has 2 aliphatic carbocycles. The van der Waals surface area contributed by atoms with Gasteiger partial charge in [-0.1, -0.05) is 17.7 Å². The Hall–Kier alpha value is -0.0900. The molecule has 3 rings (SSSR count). The van der Waals surface area contributed by atoms with Gasteiger partial charge in [-0.25, -0.2) is 0 Å². The molecule has 4 heteroatoms. The monoisotopic (exact) mass is 356 g/mol. The zero-order chi connectivity index (χ0) is 14.1. The van der Waals surface area contributed by atoms with Crippen molar-refractivity contribution in [1.82, 2.24) is 4.90 Å². The largest absolute Gasteiger partial charge is 0.329 e. The molecule has 0 radical (unpaired) electrons. The van der Waals surface area contributed by atoms with Gasteiger partial charge in [0.1, 0.15) is 0 Å². The van der Waals surface area contributed by atoms with E-state index in [-0.39, 0.29) is 0 Å². The lowest BCUT2D eigenvalue weighted by atomic mass is 10.0. The fourth-order valence-corrected chi connectivity index (χ4v) is 3.24. The van der Waals surface area contributed by atoms with Crippen molar-refractivity contribution in [3.05, 3.63) is 33.3 Å². The SMILES string of the molecule is NCC(c1ccc(Br)c(Cl)c1)N(CC1CC1)CC1CC1. The molecule has 2 fully saturated rings. The predicted octanol–water partition coefficient (Wildman–Crippen LogP) is 4.22. The van der Waals surface area contributed by atoms with Crippen LogP contribution >= 0.6 is 27.5 Å². The minimum absolute atomic E-state index is 0.307. The maximum Gasteiger partial charge on any atom is 0.0551 e. The highest BCUT2D eigenvalue weighted by Crippen LogP contribution is 2.37. The van der Waals surface area contributed by atoms with Crippen molar-refractivity contribution in [3.63, 3.8) is 0 Å². The Balaban J connectivity index is 1.77. The molecule has 1 unspecified atom stereocenters. The number of rotatable bonds is 7. The quantitative estimate of drug-likeness (QED) is 0.791. The van der Waals surface area contributed by atoms with E-state index >= 15 is 0 Å². The summed E-state index contributed by atoms with van der Waals surface area (Å²) in [6.45, 7) is 3.06. The van der Waals surface area contributed by atoms with E-state index in [4.69, 9.17) is 17.3 Å². The Kier molecular flexibility index (Phi) is 4.71. The van der Waals surface area contributed by atoms with Crippen molar-refractivity contribution in [2.24, 2.45) is 17.6 Å². The number of hydrogen-bond acceptors (Lipinski definition) is 2. The van der Waals surface area contributed by atoms with Gasteiger partial charge in [-0.05, 0) is 71.1 Å². The van der Waals surface area contributed by atoms with Crippen molar-refractivity contribution < 1.29 is 0 Å². The van der Waals surface area contributed by atoms with E-state index in [0.29, 0.717) is 12.6 Å². The second kappa shape index (κ2) is 6.35. The zero-order valence-corrected chi connectivity index (χ0v) is 14.0. The molecule has 0 aromatic heterocycles. The molecule has 2 nitrogen and oxygen atoms in total. The van der Waals surface area contributed by atoms with Crippen LogP contribution in [0.5, 0.6) is 0 Å². The first-order chi connectivity index (χ1) is 9.67. The number of hydrogen-bond donors (Lipinski definition) is 1. The Morgan fingerprint density at radius 3 is 2.25 bits per heavy atom. The summed E-state index contributed by atoms with van der Waals surface area (Å²) >= 11 is 9.71. The minimum Gasteiger partial charge on any atom is -0.329 e. The molecule has 1 aromatic carbocycles. The van der Waals surface area contributed by atoms with Crippen LogP contribution < -0.4 is 5.73 Å². The summed E-state index contributed by atoms with van der Waals surface area (Å²) in [5.74, 6) is 1.79. The predicted molar refractivity (Wildman–Crippen MR) is 88.0 cm³/mol. The van der Waals surface area contributed by atoms with Crippen LogP contribution in [0, 0.1) is 11.8 Å². The van der Waals surface area contributed by atoms with E-state index in [2.05, 4.69) is 33.0 Å². The normalized spacial score (nSPS) is 20.4. The molecule has 2 N–H and O–H groups in total. The lowest BCUT2D eigenvalue weighted by Gasteiger charge is -2.31. The van der Waals surface area contributed by atoms with Gasteiger partial charge in [0.05, 0.1) is 5.02 Å². The third kappa shape index (κ3) is 3.76. The van der Waals surface area contributed by atoms with Crippen molar-refractivity contribution in [1.29, 1.82) is 0 Å². The first-order valence-electron chi connectivity index (χ1n) is 7.56. The first kappa shape index (κ1) is 14.8. The molecule has 0 amide bonds. The molecule has 1 atom stereocenters. The molecule has 1 aromatic rings. The van der Waals surface area contributed by atoms with Crippen LogP contribution in [0.15, 0.2) is 22.7 Å². The third-order valence-electron chi connectivity index (χ3n) is 4.37. The molecule has 0 spiro atoms. The summed E-state index contributed by atoms with van der Waals surface area (Å²) in [7, 11) is 0. The molecular formula is C16H22BrClN2. The maximum absolute atomic E-state index is 6.25. The van der Waals surface area contributed by atoms with Crippen LogP contribution in [0.25, 0.3) is 0 Å². The van der Waals surface area contributed by atoms with Crippen LogP contribution in [-0.2, 0) is 0 Å². The van der Waals surface area contributed by atoms with E-state index in [1.54, 1.807) is 0 Å². The van der Waals surface area contributed by atoms with E-state index in [1.165, 1.54) is 44.3 Å². The van der Waals surface area contributed by atoms with Gasteiger partial charge >= 0.3 is 0 Å². The van der Waals surface area contributed by atoms with Crippen molar-refractivity contribution in [3.8, 4) is 0 Å². The Morgan fingerprint density at radius 2 is 1.80 bits per heavy atom. The minimum atomic E-state index is 0.307. The standard InChI is InChI=1S/C16H22BrClN2/c17-14-6-5-13(7-15(14)18)16(8-19)20(9-11-1-2-11)10-12-3-4-12/h5-7,11-12,16H,1-4,8-10,19H2. The van der Waals surface area contributed by atoms with Crippen molar-refractivity contribution >= 4 is 27.5 Å². The van der Waals surface area contributed by atoms with Gasteiger partial charge in [-0.2, -0.15) is 0 Å². The van der Waals surface area contributed by atoms with Gasteiger partial charge in [0.25, 0.3) is 0 Å². The highest BCUT2D eigenvalue weighted by molar-refractivity contribution is 9.10. The lowest BCUT2D eigenvalue weighted by molar-refractivity contribution is 0.185. The summed E-state index contributed by atoms with van der Waals surface area (Å²) in [5, 5.41) is 0.777. The van der Waals surface area contributed by atoms with Crippen LogP contribution in [-0.4, -0.2) is 24.5 Å². The summed E-state index contributed by atoms with van der Waals surface area (Å²) < 4.78 is 0.953. The second-order valence-corrected chi connectivity index (χ2v) is 7.53. The fraction of sp³-hybridized carbons (Fsp3) is 0.625. The van der Waals surface area contributed by atoms with Crippen LogP contribution in [0.4, 0.5) is 0 Å². The van der Waals surface area contributed by atoms with Gasteiger partial charge < -0.3 is 5.73 Å². The Bertz CT molecular complexity index is 458. The van der Waals surface area contributed by atoms with E-state index < -0.39 is 0 Å². The number of nitrogens with zero attached hydrogens (tertiary/aromatic N) is 1. The van der Waals surface area contributed by atoms with Gasteiger partial charge in [-0.3, -0.25) is 4.90 Å². The van der Waals surface area contributed by atoms with E-state index in [0.717, 1.165) is 21.3 Å². The lowest BCUT2D eigenvalue weighted by Crippen LogP contribution is -2.36. The summed E-state index contributed by atoms with van der Waals surface area (Å²) in [4.78, 5) is 2.61. The number of nitrogens with two attached hydrogens (primary N) is 1. The van der Waals surface area contributed by atoms with Crippen molar-refractivity contribution in [2.75, 3.05) is 19.6 Å². The summed E-state index contributed by atoms with van der Waals surface area (Å²) in [5.41, 5.74) is 7.34. The molecule has 2 aliphatic rings. The average molecular weight is 358 g/mol. The van der Waals surface area contributed by atoms with Gasteiger partial charge in [0.2, 0.25) is 0 Å². The van der Waals surface area contributed by atoms with E-state index in [9.17, 15) is 0 Å². The number of benzene rings is 1. The van der Waals surface area contributed by atoms with Gasteiger partial charge in [0, 0.05) is 30.1 Å². The maximum atomic E-state index is 6.25. The Morgan fingerprint density at radius 1 is 1.20 bits per heavy atom. The molecule has 0 bridgehead atoms. The van der Waals surface area contributed by atoms with E-state index in [1.807, 2.05) is 6.07 Å². The van der Waals surface area contributed by atoms with Crippen LogP contribution in [0.1, 0.15) is 37.3 Å². The molecule has 2 saturated carbocycles. The second-order valence-electron chi connectivity index (χ2n) is 6.27. The fourth-order valence-electron chi connectivity index (χ4n) is 2.81. The molecule has 0 saturated heterocycles. The molecule has 0 aliphatic heterocycles. The first-order valence-corrected chi connectivity index (χ1v) is 8.73. The highest BCUT2D eigenvalue weighted by Gasteiger charge is 2.32. The van der Waals surface area contributed by atoms with Crippen molar-refractivity contribution in [2.45, 2.75) is 31.7 Å². The molecule has 20 heavy (non-hydrogen) atoms. The topological polar surface area (TPSA) is 29.3 Å².